The molecule has 0 atom stereocenters. The smallest absolute Gasteiger partial charge is 0.381 e. The van der Waals surface area contributed by atoms with E-state index in [0.29, 0.717) is 30.9 Å². The molecule has 3 heterocycles. The molecule has 3 N–H and O–H groups in total. The maximum absolute atomic E-state index is 13.5. The zero-order valence-corrected chi connectivity index (χ0v) is 15.4. The van der Waals surface area contributed by atoms with E-state index in [-0.39, 0.29) is 16.4 Å². The van der Waals surface area contributed by atoms with E-state index in [0.717, 1.165) is 24.0 Å². The van der Waals surface area contributed by atoms with Crippen LogP contribution in [-0.2, 0) is 16.3 Å². The molecule has 0 unspecified atom stereocenters. The van der Waals surface area contributed by atoms with E-state index in [1.54, 1.807) is 6.07 Å². The van der Waals surface area contributed by atoms with Crippen molar-refractivity contribution in [2.75, 3.05) is 19.8 Å². The molecule has 3 aromatic rings. The fraction of sp³-hybridized carbons (Fsp3) is 0.400. The van der Waals surface area contributed by atoms with Gasteiger partial charge in [0.25, 0.3) is 0 Å². The van der Waals surface area contributed by atoms with Crippen LogP contribution in [0.5, 0.6) is 0 Å². The molecule has 1 aliphatic rings. The normalized spacial score (nSPS) is 17.2. The first-order valence-corrected chi connectivity index (χ1v) is 9.15. The lowest BCUT2D eigenvalue weighted by molar-refractivity contribution is -0.139. The molecule has 0 aliphatic carbocycles. The summed E-state index contributed by atoms with van der Waals surface area (Å²) in [4.78, 5) is 4.01. The number of ether oxygens (including phenoxy) is 1. The molecule has 2 aromatic heterocycles. The molecule has 5 nitrogen and oxygen atoms in total. The van der Waals surface area contributed by atoms with Gasteiger partial charge in [0, 0.05) is 31.4 Å². The lowest BCUT2D eigenvalue weighted by Gasteiger charge is -2.37. The molecule has 0 saturated carbocycles. The van der Waals surface area contributed by atoms with E-state index >= 15 is 0 Å². The highest BCUT2D eigenvalue weighted by atomic mass is 19.4. The minimum absolute atomic E-state index is 0.0136. The quantitative estimate of drug-likeness (QED) is 0.710. The van der Waals surface area contributed by atoms with Crippen molar-refractivity contribution in [3.05, 3.63) is 47.3 Å². The van der Waals surface area contributed by atoms with Crippen LogP contribution in [0.2, 0.25) is 0 Å². The minimum atomic E-state index is -4.57. The SMILES string of the molecule is Cc1cc(-c2ccnc3[nH]nc(C(F)(F)F)c23)cc(C2(CN)CCOCC2)c1. The van der Waals surface area contributed by atoms with Gasteiger partial charge >= 0.3 is 6.18 Å². The monoisotopic (exact) mass is 390 g/mol. The first-order chi connectivity index (χ1) is 13.3. The van der Waals surface area contributed by atoms with Gasteiger partial charge in [0.2, 0.25) is 0 Å². The number of H-pyrrole nitrogens is 1. The highest BCUT2D eigenvalue weighted by molar-refractivity contribution is 5.95. The van der Waals surface area contributed by atoms with E-state index in [9.17, 15) is 13.2 Å². The number of pyridine rings is 1. The number of alkyl halides is 3. The molecule has 148 valence electrons. The largest absolute Gasteiger partial charge is 0.435 e. The molecule has 1 fully saturated rings. The maximum atomic E-state index is 13.5. The number of nitrogens with one attached hydrogen (secondary N) is 1. The molecule has 0 amide bonds. The minimum Gasteiger partial charge on any atom is -0.381 e. The molecule has 0 spiro atoms. The number of nitrogens with zero attached hydrogens (tertiary/aromatic N) is 2. The van der Waals surface area contributed by atoms with Gasteiger partial charge in [0.05, 0.1) is 5.39 Å². The predicted octanol–water partition coefficient (Wildman–Crippen LogP) is 3.96. The second-order valence-corrected chi connectivity index (χ2v) is 7.34. The number of aryl methyl sites for hydroxylation is 1. The molecular weight excluding hydrogens is 369 g/mol. The van der Waals surface area contributed by atoms with Gasteiger partial charge in [-0.1, -0.05) is 23.8 Å². The van der Waals surface area contributed by atoms with E-state index in [2.05, 4.69) is 21.2 Å². The summed E-state index contributed by atoms with van der Waals surface area (Å²) < 4.78 is 45.9. The van der Waals surface area contributed by atoms with Gasteiger partial charge in [0.1, 0.15) is 0 Å². The molecule has 0 radical (unpaired) electrons. The first kappa shape index (κ1) is 18.9. The van der Waals surface area contributed by atoms with Crippen molar-refractivity contribution in [3.63, 3.8) is 0 Å². The number of hydrogen-bond acceptors (Lipinski definition) is 4. The van der Waals surface area contributed by atoms with Gasteiger partial charge < -0.3 is 10.5 Å². The predicted molar refractivity (Wildman–Crippen MR) is 99.8 cm³/mol. The lowest BCUT2D eigenvalue weighted by atomic mass is 9.73. The zero-order valence-electron chi connectivity index (χ0n) is 15.4. The van der Waals surface area contributed by atoms with Crippen LogP contribution in [0.4, 0.5) is 13.2 Å². The Bertz CT molecular complexity index is 1010. The highest BCUT2D eigenvalue weighted by Gasteiger charge is 2.38. The number of hydrogen-bond donors (Lipinski definition) is 2. The first-order valence-electron chi connectivity index (χ1n) is 9.15. The molecule has 1 saturated heterocycles. The maximum Gasteiger partial charge on any atom is 0.435 e. The number of aromatic nitrogens is 3. The van der Waals surface area contributed by atoms with E-state index in [4.69, 9.17) is 10.5 Å². The second kappa shape index (κ2) is 6.86. The number of rotatable bonds is 3. The van der Waals surface area contributed by atoms with Gasteiger partial charge in [0.15, 0.2) is 11.3 Å². The summed E-state index contributed by atoms with van der Waals surface area (Å²) >= 11 is 0. The van der Waals surface area contributed by atoms with Gasteiger partial charge in [-0.05, 0) is 42.5 Å². The third-order valence-corrected chi connectivity index (χ3v) is 5.57. The molecule has 4 rings (SSSR count). The van der Waals surface area contributed by atoms with Crippen molar-refractivity contribution in [3.8, 4) is 11.1 Å². The fourth-order valence-corrected chi connectivity index (χ4v) is 4.01. The second-order valence-electron chi connectivity index (χ2n) is 7.34. The summed E-state index contributed by atoms with van der Waals surface area (Å²) in [5.74, 6) is 0. The van der Waals surface area contributed by atoms with Crippen molar-refractivity contribution in [2.24, 2.45) is 5.73 Å². The number of nitrogens with two attached hydrogens (primary N) is 1. The van der Waals surface area contributed by atoms with Crippen LogP contribution in [0, 0.1) is 6.92 Å². The Morgan fingerprint density at radius 3 is 2.64 bits per heavy atom. The Labute approximate surface area is 160 Å². The lowest BCUT2D eigenvalue weighted by Crippen LogP contribution is -2.40. The average molecular weight is 390 g/mol. The Morgan fingerprint density at radius 1 is 1.21 bits per heavy atom. The van der Waals surface area contributed by atoms with E-state index in [1.807, 2.05) is 19.1 Å². The van der Waals surface area contributed by atoms with E-state index in [1.165, 1.54) is 6.20 Å². The number of halogens is 3. The number of aromatic amines is 1. The third kappa shape index (κ3) is 3.16. The number of fused-ring (bicyclic) bond motifs is 1. The molecular formula is C20H21F3N4O. The molecule has 0 bridgehead atoms. The van der Waals surface area contributed by atoms with Crippen LogP contribution in [0.3, 0.4) is 0 Å². The van der Waals surface area contributed by atoms with Gasteiger partial charge in [-0.15, -0.1) is 0 Å². The van der Waals surface area contributed by atoms with E-state index < -0.39 is 11.9 Å². The molecule has 1 aromatic carbocycles. The Balaban J connectivity index is 1.91. The summed E-state index contributed by atoms with van der Waals surface area (Å²) in [5, 5.41) is 5.85. The summed E-state index contributed by atoms with van der Waals surface area (Å²) in [6.07, 6.45) is -1.50. The van der Waals surface area contributed by atoms with Gasteiger partial charge in [-0.3, -0.25) is 5.10 Å². The standard InChI is InChI=1S/C20H21F3N4O/c1-12-8-13(10-14(9-12)19(11-24)3-6-28-7-4-19)15-2-5-25-18-16(15)17(26-27-18)20(21,22)23/h2,5,8-10H,3-4,6-7,11,24H2,1H3,(H,25,26,27). The van der Waals surface area contributed by atoms with Crippen LogP contribution in [0.15, 0.2) is 30.5 Å². The zero-order chi connectivity index (χ0) is 19.9. The van der Waals surface area contributed by atoms with Crippen molar-refractivity contribution >= 4 is 11.0 Å². The Hall–Kier alpha value is -2.45. The van der Waals surface area contributed by atoms with Crippen molar-refractivity contribution in [1.82, 2.24) is 15.2 Å². The van der Waals surface area contributed by atoms with Gasteiger partial charge in [-0.2, -0.15) is 18.3 Å². The third-order valence-electron chi connectivity index (χ3n) is 5.57. The average Bonchev–Trinajstić information content (AvgIpc) is 3.12. The van der Waals surface area contributed by atoms with Crippen LogP contribution in [-0.4, -0.2) is 34.9 Å². The van der Waals surface area contributed by atoms with Crippen molar-refractivity contribution < 1.29 is 17.9 Å². The van der Waals surface area contributed by atoms with Gasteiger partial charge in [-0.25, -0.2) is 4.98 Å². The van der Waals surface area contributed by atoms with Crippen molar-refractivity contribution in [1.29, 1.82) is 0 Å². The van der Waals surface area contributed by atoms with Crippen molar-refractivity contribution in [2.45, 2.75) is 31.4 Å². The molecule has 28 heavy (non-hydrogen) atoms. The van der Waals surface area contributed by atoms with Crippen LogP contribution < -0.4 is 5.73 Å². The van der Waals surface area contributed by atoms with Crippen LogP contribution in [0.1, 0.15) is 29.7 Å². The van der Waals surface area contributed by atoms with Crippen LogP contribution in [0.25, 0.3) is 22.2 Å². The fourth-order valence-electron chi connectivity index (χ4n) is 4.01. The summed E-state index contributed by atoms with van der Waals surface area (Å²) in [6.45, 7) is 3.65. The topological polar surface area (TPSA) is 76.8 Å². The highest BCUT2D eigenvalue weighted by Crippen LogP contribution is 2.40. The molecule has 1 aliphatic heterocycles. The summed E-state index contributed by atoms with van der Waals surface area (Å²) in [7, 11) is 0. The van der Waals surface area contributed by atoms with Crippen LogP contribution >= 0.6 is 0 Å². The Morgan fingerprint density at radius 2 is 1.96 bits per heavy atom. The summed E-state index contributed by atoms with van der Waals surface area (Å²) in [6, 6.07) is 7.51. The number of benzene rings is 1. The Kier molecular flexibility index (Phi) is 4.63. The molecule has 8 heteroatoms. The summed E-state index contributed by atoms with van der Waals surface area (Å²) in [5.41, 5.74) is 8.23.